The fraction of sp³-hybridized carbons (Fsp3) is 0.538. The lowest BCUT2D eigenvalue weighted by atomic mass is 9.93. The summed E-state index contributed by atoms with van der Waals surface area (Å²) in [7, 11) is 0.0775. The highest BCUT2D eigenvalue weighted by atomic mass is 32.2. The Kier molecular flexibility index (Phi) is 5.12. The van der Waals surface area contributed by atoms with Crippen LogP contribution in [-0.2, 0) is 10.0 Å². The van der Waals surface area contributed by atoms with Crippen molar-refractivity contribution in [1.82, 2.24) is 9.62 Å². The maximum atomic E-state index is 13.2. The van der Waals surface area contributed by atoms with Gasteiger partial charge in [-0.1, -0.05) is 13.8 Å². The van der Waals surface area contributed by atoms with E-state index in [1.165, 1.54) is 6.07 Å². The minimum atomic E-state index is -3.76. The molecular formula is C13H22FN3O2S. The van der Waals surface area contributed by atoms with Crippen molar-refractivity contribution in [2.45, 2.75) is 18.7 Å². The third-order valence-electron chi connectivity index (χ3n) is 2.69. The predicted octanol–water partition coefficient (Wildman–Crippen LogP) is 1.27. The molecule has 0 radical (unpaired) electrons. The number of sulfonamides is 1. The Labute approximate surface area is 120 Å². The number of hydrogen-bond acceptors (Lipinski definition) is 4. The fourth-order valence-corrected chi connectivity index (χ4v) is 3.33. The molecule has 0 aromatic heterocycles. The standard InChI is InChI=1S/C13H22FN3O2S/c1-13(2,9-17(3)4)8-16-20(18,19)12-6-10(14)5-11(15)7-12/h5-7,16H,8-9,15H2,1-4H3. The molecule has 20 heavy (non-hydrogen) atoms. The number of nitrogens with one attached hydrogen (secondary N) is 1. The van der Waals surface area contributed by atoms with E-state index in [-0.39, 0.29) is 22.5 Å². The van der Waals surface area contributed by atoms with Crippen LogP contribution in [0.15, 0.2) is 23.1 Å². The molecule has 0 aliphatic carbocycles. The first kappa shape index (κ1) is 16.9. The van der Waals surface area contributed by atoms with E-state index >= 15 is 0 Å². The highest BCUT2D eigenvalue weighted by Gasteiger charge is 2.23. The first-order valence-corrected chi connectivity index (χ1v) is 7.71. The molecule has 114 valence electrons. The Morgan fingerprint density at radius 2 is 1.90 bits per heavy atom. The summed E-state index contributed by atoms with van der Waals surface area (Å²) in [4.78, 5) is 1.82. The van der Waals surface area contributed by atoms with Crippen LogP contribution in [0.1, 0.15) is 13.8 Å². The van der Waals surface area contributed by atoms with E-state index in [9.17, 15) is 12.8 Å². The molecule has 1 rings (SSSR count). The van der Waals surface area contributed by atoms with Gasteiger partial charge in [-0.15, -0.1) is 0 Å². The Morgan fingerprint density at radius 1 is 1.30 bits per heavy atom. The molecule has 0 unspecified atom stereocenters. The maximum Gasteiger partial charge on any atom is 0.240 e. The number of hydrogen-bond donors (Lipinski definition) is 2. The average Bonchev–Trinajstić information content (AvgIpc) is 2.23. The molecule has 0 fully saturated rings. The summed E-state index contributed by atoms with van der Waals surface area (Å²) < 4.78 is 40.0. The molecule has 0 aliphatic heterocycles. The van der Waals surface area contributed by atoms with Crippen molar-refractivity contribution in [3.05, 3.63) is 24.0 Å². The molecule has 0 saturated heterocycles. The Bertz CT molecular complexity index is 551. The number of halogens is 1. The van der Waals surface area contributed by atoms with Crippen molar-refractivity contribution in [2.75, 3.05) is 32.9 Å². The topological polar surface area (TPSA) is 75.4 Å². The van der Waals surface area contributed by atoms with Crippen LogP contribution < -0.4 is 10.5 Å². The van der Waals surface area contributed by atoms with Crippen LogP contribution >= 0.6 is 0 Å². The Hall–Kier alpha value is -1.18. The van der Waals surface area contributed by atoms with Gasteiger partial charge in [-0.3, -0.25) is 0 Å². The third kappa shape index (κ3) is 5.07. The van der Waals surface area contributed by atoms with Crippen LogP contribution in [-0.4, -0.2) is 40.5 Å². The maximum absolute atomic E-state index is 13.2. The van der Waals surface area contributed by atoms with E-state index in [2.05, 4.69) is 4.72 Å². The number of nitrogens with two attached hydrogens (primary N) is 1. The van der Waals surface area contributed by atoms with Gasteiger partial charge in [-0.2, -0.15) is 0 Å². The zero-order chi connectivity index (χ0) is 15.6. The summed E-state index contributed by atoms with van der Waals surface area (Å²) in [5, 5.41) is 0. The van der Waals surface area contributed by atoms with E-state index in [0.717, 1.165) is 18.7 Å². The van der Waals surface area contributed by atoms with Crippen molar-refractivity contribution in [2.24, 2.45) is 5.41 Å². The number of nitrogen functional groups attached to an aromatic ring is 1. The molecule has 0 spiro atoms. The van der Waals surface area contributed by atoms with Crippen molar-refractivity contribution in [3.8, 4) is 0 Å². The molecule has 0 bridgehead atoms. The third-order valence-corrected chi connectivity index (χ3v) is 4.07. The number of benzene rings is 1. The summed E-state index contributed by atoms with van der Waals surface area (Å²) in [6.45, 7) is 4.88. The van der Waals surface area contributed by atoms with Gasteiger partial charge in [-0.05, 0) is 37.7 Å². The van der Waals surface area contributed by atoms with Gasteiger partial charge < -0.3 is 10.6 Å². The number of anilines is 1. The average molecular weight is 303 g/mol. The molecule has 1 aromatic rings. The molecule has 0 amide bonds. The van der Waals surface area contributed by atoms with Crippen LogP contribution in [0.3, 0.4) is 0 Å². The van der Waals surface area contributed by atoms with Crippen molar-refractivity contribution >= 4 is 15.7 Å². The van der Waals surface area contributed by atoms with Gasteiger partial charge in [0.15, 0.2) is 0 Å². The molecule has 0 saturated carbocycles. The van der Waals surface area contributed by atoms with Gasteiger partial charge in [0.05, 0.1) is 4.90 Å². The molecule has 0 aliphatic rings. The van der Waals surface area contributed by atoms with Crippen molar-refractivity contribution in [1.29, 1.82) is 0 Å². The largest absolute Gasteiger partial charge is 0.399 e. The SMILES string of the molecule is CN(C)CC(C)(C)CNS(=O)(=O)c1cc(N)cc(F)c1. The summed E-state index contributed by atoms with van der Waals surface area (Å²) in [5.74, 6) is -0.669. The second kappa shape index (κ2) is 6.07. The van der Waals surface area contributed by atoms with Crippen LogP contribution in [0, 0.1) is 11.2 Å². The Morgan fingerprint density at radius 3 is 2.40 bits per heavy atom. The lowest BCUT2D eigenvalue weighted by Crippen LogP contribution is -2.39. The first-order chi connectivity index (χ1) is 9.02. The summed E-state index contributed by atoms with van der Waals surface area (Å²) in [6.07, 6.45) is 0. The van der Waals surface area contributed by atoms with Crippen molar-refractivity contribution in [3.63, 3.8) is 0 Å². The van der Waals surface area contributed by atoms with Gasteiger partial charge >= 0.3 is 0 Å². The number of nitrogens with zero attached hydrogens (tertiary/aromatic N) is 1. The van der Waals surface area contributed by atoms with Crippen molar-refractivity contribution < 1.29 is 12.8 Å². The minimum absolute atomic E-state index is 0.0814. The lowest BCUT2D eigenvalue weighted by molar-refractivity contribution is 0.242. The zero-order valence-corrected chi connectivity index (χ0v) is 13.1. The fourth-order valence-electron chi connectivity index (χ4n) is 2.03. The lowest BCUT2D eigenvalue weighted by Gasteiger charge is -2.28. The smallest absolute Gasteiger partial charge is 0.240 e. The highest BCUT2D eigenvalue weighted by Crippen LogP contribution is 2.18. The molecule has 5 nitrogen and oxygen atoms in total. The molecule has 0 atom stereocenters. The van der Waals surface area contributed by atoms with E-state index in [0.29, 0.717) is 0 Å². The van der Waals surface area contributed by atoms with Gasteiger partial charge in [0, 0.05) is 18.8 Å². The van der Waals surface area contributed by atoms with Crippen LogP contribution in [0.4, 0.5) is 10.1 Å². The summed E-state index contributed by atoms with van der Waals surface area (Å²) >= 11 is 0. The quantitative estimate of drug-likeness (QED) is 0.776. The Balaban J connectivity index is 2.85. The van der Waals surface area contributed by atoms with Crippen LogP contribution in [0.25, 0.3) is 0 Å². The minimum Gasteiger partial charge on any atom is -0.399 e. The monoisotopic (exact) mass is 303 g/mol. The zero-order valence-electron chi connectivity index (χ0n) is 12.3. The summed E-state index contributed by atoms with van der Waals surface area (Å²) in [5.41, 5.74) is 5.31. The van der Waals surface area contributed by atoms with Gasteiger partial charge in [0.25, 0.3) is 0 Å². The molecule has 1 aromatic carbocycles. The molecule has 7 heteroatoms. The first-order valence-electron chi connectivity index (χ1n) is 6.22. The molecule has 0 heterocycles. The van der Waals surface area contributed by atoms with E-state index < -0.39 is 15.8 Å². The van der Waals surface area contributed by atoms with E-state index in [1.54, 1.807) is 0 Å². The highest BCUT2D eigenvalue weighted by molar-refractivity contribution is 7.89. The molecular weight excluding hydrogens is 281 g/mol. The predicted molar refractivity (Wildman–Crippen MR) is 78.3 cm³/mol. The normalized spacial score (nSPS) is 12.9. The van der Waals surface area contributed by atoms with Crippen LogP contribution in [0.5, 0.6) is 0 Å². The second-order valence-electron chi connectivity index (χ2n) is 5.95. The number of rotatable bonds is 6. The van der Waals surface area contributed by atoms with Gasteiger partial charge in [0.2, 0.25) is 10.0 Å². The molecule has 3 N–H and O–H groups in total. The van der Waals surface area contributed by atoms with E-state index in [4.69, 9.17) is 5.73 Å². The van der Waals surface area contributed by atoms with Gasteiger partial charge in [0.1, 0.15) is 5.82 Å². The van der Waals surface area contributed by atoms with Gasteiger partial charge in [-0.25, -0.2) is 17.5 Å². The summed E-state index contributed by atoms with van der Waals surface area (Å²) in [6, 6.07) is 3.27. The second-order valence-corrected chi connectivity index (χ2v) is 7.71. The van der Waals surface area contributed by atoms with E-state index in [1.807, 2.05) is 32.8 Å². The van der Waals surface area contributed by atoms with Crippen LogP contribution in [0.2, 0.25) is 0 Å².